The molecule has 1 N–H and O–H groups in total. The van der Waals surface area contributed by atoms with Crippen LogP contribution in [0.4, 0.5) is 10.1 Å². The Morgan fingerprint density at radius 1 is 1.35 bits per heavy atom. The van der Waals surface area contributed by atoms with Crippen LogP contribution < -0.4 is 5.32 Å². The highest BCUT2D eigenvalue weighted by Crippen LogP contribution is 2.26. The second kappa shape index (κ2) is 5.38. The molecule has 0 aliphatic rings. The summed E-state index contributed by atoms with van der Waals surface area (Å²) in [5.74, 6) is -0.301. The van der Waals surface area contributed by atoms with Gasteiger partial charge in [0.25, 0.3) is 0 Å². The van der Waals surface area contributed by atoms with Crippen LogP contribution in [-0.2, 0) is 0 Å². The first-order chi connectivity index (χ1) is 9.74. The summed E-state index contributed by atoms with van der Waals surface area (Å²) in [7, 11) is 0. The molecule has 0 amide bonds. The molecule has 2 aromatic heterocycles. The molecule has 0 bridgehead atoms. The Labute approximate surface area is 119 Å². The number of nitrogens with zero attached hydrogens (tertiary/aromatic N) is 4. The fourth-order valence-electron chi connectivity index (χ4n) is 1.89. The van der Waals surface area contributed by atoms with E-state index >= 15 is 0 Å². The summed E-state index contributed by atoms with van der Waals surface area (Å²) in [5, 5.41) is 16.1. The number of hydrogen-bond donors (Lipinski definition) is 1. The third kappa shape index (κ3) is 2.53. The smallest absolute Gasteiger partial charge is 0.146 e. The lowest BCUT2D eigenvalue weighted by Gasteiger charge is -2.15. The Morgan fingerprint density at radius 3 is 2.95 bits per heavy atom. The van der Waals surface area contributed by atoms with E-state index in [1.165, 1.54) is 17.1 Å². The molecule has 5 nitrogen and oxygen atoms in total. The fourth-order valence-corrected chi connectivity index (χ4v) is 2.62. The van der Waals surface area contributed by atoms with Gasteiger partial charge in [-0.3, -0.25) is 0 Å². The largest absolute Gasteiger partial charge is 0.375 e. The Balaban J connectivity index is 1.87. The number of hydrogen-bond acceptors (Lipinski definition) is 5. The normalized spacial score (nSPS) is 12.3. The zero-order chi connectivity index (χ0) is 13.9. The number of aromatic nitrogens is 4. The van der Waals surface area contributed by atoms with E-state index in [-0.39, 0.29) is 11.9 Å². The van der Waals surface area contributed by atoms with E-state index in [1.807, 2.05) is 24.4 Å². The molecular weight excluding hydrogens is 277 g/mol. The molecule has 0 spiro atoms. The summed E-state index contributed by atoms with van der Waals surface area (Å²) < 4.78 is 15.4. The van der Waals surface area contributed by atoms with E-state index in [4.69, 9.17) is 0 Å². The first kappa shape index (κ1) is 12.7. The highest BCUT2D eigenvalue weighted by molar-refractivity contribution is 7.10. The van der Waals surface area contributed by atoms with Gasteiger partial charge in [-0.25, -0.2) is 9.07 Å². The van der Waals surface area contributed by atoms with Crippen LogP contribution in [0.3, 0.4) is 0 Å². The van der Waals surface area contributed by atoms with Crippen molar-refractivity contribution >= 4 is 17.0 Å². The van der Waals surface area contributed by atoms with E-state index in [9.17, 15) is 4.39 Å². The Morgan fingerprint density at radius 2 is 2.25 bits per heavy atom. The van der Waals surface area contributed by atoms with Crippen LogP contribution >= 0.6 is 11.3 Å². The number of halogens is 1. The Bertz CT molecular complexity index is 681. The zero-order valence-electron chi connectivity index (χ0n) is 10.7. The minimum absolute atomic E-state index is 0.0358. The summed E-state index contributed by atoms with van der Waals surface area (Å²) in [6.45, 7) is 2.00. The van der Waals surface area contributed by atoms with Crippen LogP contribution in [-0.4, -0.2) is 20.2 Å². The van der Waals surface area contributed by atoms with Gasteiger partial charge in [0.05, 0.1) is 17.4 Å². The van der Waals surface area contributed by atoms with Crippen molar-refractivity contribution in [1.82, 2.24) is 20.2 Å². The second-order valence-electron chi connectivity index (χ2n) is 4.30. The summed E-state index contributed by atoms with van der Waals surface area (Å²) in [5.41, 5.74) is 1.14. The van der Waals surface area contributed by atoms with Crippen molar-refractivity contribution in [2.45, 2.75) is 13.0 Å². The van der Waals surface area contributed by atoms with Crippen LogP contribution in [0.2, 0.25) is 0 Å². The van der Waals surface area contributed by atoms with Gasteiger partial charge in [-0.05, 0) is 47.0 Å². The molecule has 0 aliphatic carbocycles. The molecule has 1 aromatic carbocycles. The highest BCUT2D eigenvalue weighted by atomic mass is 32.1. The van der Waals surface area contributed by atoms with Crippen molar-refractivity contribution in [3.05, 3.63) is 52.7 Å². The van der Waals surface area contributed by atoms with E-state index < -0.39 is 0 Å². The average Bonchev–Trinajstić information content (AvgIpc) is 3.14. The maximum atomic E-state index is 13.9. The van der Waals surface area contributed by atoms with Crippen molar-refractivity contribution in [2.75, 3.05) is 5.32 Å². The van der Waals surface area contributed by atoms with E-state index in [0.29, 0.717) is 11.4 Å². The minimum Gasteiger partial charge on any atom is -0.375 e. The summed E-state index contributed by atoms with van der Waals surface area (Å²) in [6.07, 6.45) is 1.47. The molecule has 1 atom stereocenters. The predicted molar refractivity (Wildman–Crippen MR) is 75.5 cm³/mol. The lowest BCUT2D eigenvalue weighted by molar-refractivity contribution is 0.626. The average molecular weight is 289 g/mol. The highest BCUT2D eigenvalue weighted by Gasteiger charge is 2.11. The SMILES string of the molecule is CC(Nc1cc(-n2cnnn2)ccc1F)c1cccs1. The van der Waals surface area contributed by atoms with Gasteiger partial charge in [-0.15, -0.1) is 16.4 Å². The number of tetrazole rings is 1. The molecule has 3 aromatic rings. The molecule has 0 aliphatic heterocycles. The molecule has 102 valence electrons. The summed E-state index contributed by atoms with van der Waals surface area (Å²) >= 11 is 1.64. The zero-order valence-corrected chi connectivity index (χ0v) is 11.5. The fraction of sp³-hybridized carbons (Fsp3) is 0.154. The molecule has 0 saturated carbocycles. The van der Waals surface area contributed by atoms with E-state index in [0.717, 1.165) is 4.88 Å². The third-order valence-corrected chi connectivity index (χ3v) is 3.96. The Hall–Kier alpha value is -2.28. The van der Waals surface area contributed by atoms with Crippen LogP contribution in [0.5, 0.6) is 0 Å². The molecule has 7 heteroatoms. The van der Waals surface area contributed by atoms with Crippen LogP contribution in [0, 0.1) is 5.82 Å². The topological polar surface area (TPSA) is 55.6 Å². The predicted octanol–water partition coefficient (Wildman–Crippen LogP) is 3.04. The Kier molecular flexibility index (Phi) is 3.42. The van der Waals surface area contributed by atoms with Gasteiger partial charge in [-0.1, -0.05) is 6.07 Å². The summed E-state index contributed by atoms with van der Waals surface area (Å²) in [6, 6.07) is 8.76. The molecule has 0 radical (unpaired) electrons. The molecule has 0 fully saturated rings. The van der Waals surface area contributed by atoms with Crippen molar-refractivity contribution in [2.24, 2.45) is 0 Å². The maximum absolute atomic E-state index is 13.9. The number of rotatable bonds is 4. The first-order valence-corrected chi connectivity index (χ1v) is 6.95. The molecule has 1 unspecified atom stereocenters. The number of nitrogens with one attached hydrogen (secondary N) is 1. The van der Waals surface area contributed by atoms with Crippen molar-refractivity contribution in [3.63, 3.8) is 0 Å². The van der Waals surface area contributed by atoms with Gasteiger partial charge < -0.3 is 5.32 Å². The maximum Gasteiger partial charge on any atom is 0.146 e. The van der Waals surface area contributed by atoms with Gasteiger partial charge in [-0.2, -0.15) is 0 Å². The van der Waals surface area contributed by atoms with Crippen molar-refractivity contribution in [3.8, 4) is 5.69 Å². The van der Waals surface area contributed by atoms with Gasteiger partial charge in [0.15, 0.2) is 0 Å². The summed E-state index contributed by atoms with van der Waals surface area (Å²) in [4.78, 5) is 1.15. The quantitative estimate of drug-likeness (QED) is 0.802. The van der Waals surface area contributed by atoms with Crippen LogP contribution in [0.1, 0.15) is 17.8 Å². The molecular formula is C13H12FN5S. The van der Waals surface area contributed by atoms with Gasteiger partial charge in [0, 0.05) is 4.88 Å². The van der Waals surface area contributed by atoms with Crippen LogP contribution in [0.25, 0.3) is 5.69 Å². The lowest BCUT2D eigenvalue weighted by atomic mass is 10.2. The minimum atomic E-state index is -0.301. The van der Waals surface area contributed by atoms with Gasteiger partial charge >= 0.3 is 0 Å². The molecule has 0 saturated heterocycles. The van der Waals surface area contributed by atoms with E-state index in [1.54, 1.807) is 23.5 Å². The second-order valence-corrected chi connectivity index (χ2v) is 5.28. The molecule has 2 heterocycles. The lowest BCUT2D eigenvalue weighted by Crippen LogP contribution is -2.07. The monoisotopic (exact) mass is 289 g/mol. The molecule has 3 rings (SSSR count). The van der Waals surface area contributed by atoms with Crippen molar-refractivity contribution in [1.29, 1.82) is 0 Å². The van der Waals surface area contributed by atoms with E-state index in [2.05, 4.69) is 20.8 Å². The first-order valence-electron chi connectivity index (χ1n) is 6.07. The van der Waals surface area contributed by atoms with Gasteiger partial charge in [0.2, 0.25) is 0 Å². The number of thiophene rings is 1. The molecule has 20 heavy (non-hydrogen) atoms. The third-order valence-electron chi connectivity index (χ3n) is 2.91. The number of anilines is 1. The van der Waals surface area contributed by atoms with Crippen LogP contribution in [0.15, 0.2) is 42.0 Å². The standard InChI is InChI=1S/C13H12FN5S/c1-9(13-3-2-6-20-13)16-12-7-10(4-5-11(12)14)19-8-15-17-18-19/h2-9,16H,1H3. The number of benzene rings is 1. The van der Waals surface area contributed by atoms with Crippen molar-refractivity contribution < 1.29 is 4.39 Å². The van der Waals surface area contributed by atoms with Gasteiger partial charge in [0.1, 0.15) is 12.1 Å².